The van der Waals surface area contributed by atoms with Gasteiger partial charge < -0.3 is 5.73 Å². The van der Waals surface area contributed by atoms with Gasteiger partial charge in [-0.05, 0) is 44.1 Å². The van der Waals surface area contributed by atoms with Gasteiger partial charge in [-0.15, -0.1) is 0 Å². The van der Waals surface area contributed by atoms with Crippen molar-refractivity contribution in [3.63, 3.8) is 0 Å². The Morgan fingerprint density at radius 3 is 2.72 bits per heavy atom. The molecule has 0 radical (unpaired) electrons. The smallest absolute Gasteiger partial charge is 0.0109 e. The third kappa shape index (κ3) is 4.30. The van der Waals surface area contributed by atoms with Gasteiger partial charge in [0, 0.05) is 6.54 Å². The first-order chi connectivity index (χ1) is 8.47. The van der Waals surface area contributed by atoms with Gasteiger partial charge in [0.2, 0.25) is 0 Å². The van der Waals surface area contributed by atoms with Crippen molar-refractivity contribution in [3.8, 4) is 0 Å². The Morgan fingerprint density at radius 1 is 1.39 bits per heavy atom. The predicted octanol–water partition coefficient (Wildman–Crippen LogP) is 4.53. The van der Waals surface area contributed by atoms with Crippen molar-refractivity contribution in [1.82, 2.24) is 0 Å². The molecule has 0 bridgehead atoms. The molecule has 1 rings (SSSR count). The van der Waals surface area contributed by atoms with Crippen molar-refractivity contribution in [2.45, 2.75) is 47.0 Å². The van der Waals surface area contributed by atoms with Crippen LogP contribution in [0.25, 0.3) is 0 Å². The Hall–Kier alpha value is -1.08. The Kier molecular flexibility index (Phi) is 5.61. The van der Waals surface area contributed by atoms with Gasteiger partial charge in [-0.25, -0.2) is 0 Å². The number of hydrogen-bond donors (Lipinski definition) is 1. The molecule has 1 aliphatic rings. The zero-order chi connectivity index (χ0) is 13.6. The van der Waals surface area contributed by atoms with Crippen molar-refractivity contribution >= 4 is 0 Å². The summed E-state index contributed by atoms with van der Waals surface area (Å²) in [5, 5.41) is 0. The summed E-state index contributed by atoms with van der Waals surface area (Å²) >= 11 is 0. The zero-order valence-corrected chi connectivity index (χ0v) is 12.3. The third-order valence-corrected chi connectivity index (χ3v) is 3.69. The first-order valence-electron chi connectivity index (χ1n) is 6.89. The molecule has 1 nitrogen and oxygen atoms in total. The minimum Gasteiger partial charge on any atom is -0.327 e. The van der Waals surface area contributed by atoms with E-state index >= 15 is 0 Å². The molecule has 0 aromatic heterocycles. The maximum Gasteiger partial charge on any atom is 0.0109 e. The lowest BCUT2D eigenvalue weighted by Crippen LogP contribution is -2.19. The summed E-state index contributed by atoms with van der Waals surface area (Å²) in [6, 6.07) is 0. The fourth-order valence-corrected chi connectivity index (χ4v) is 2.58. The fourth-order valence-electron chi connectivity index (χ4n) is 2.58. The van der Waals surface area contributed by atoms with Crippen molar-refractivity contribution in [2.75, 3.05) is 6.54 Å². The molecule has 1 heteroatoms. The summed E-state index contributed by atoms with van der Waals surface area (Å²) < 4.78 is 0. The third-order valence-electron chi connectivity index (χ3n) is 3.69. The molecule has 0 atom stereocenters. The predicted molar refractivity (Wildman–Crippen MR) is 81.4 cm³/mol. The molecule has 0 spiro atoms. The van der Waals surface area contributed by atoms with Crippen LogP contribution in [0.2, 0.25) is 0 Å². The van der Waals surface area contributed by atoms with E-state index in [1.165, 1.54) is 30.4 Å². The highest BCUT2D eigenvalue weighted by molar-refractivity contribution is 5.36. The second-order valence-electron chi connectivity index (χ2n) is 5.84. The van der Waals surface area contributed by atoms with Gasteiger partial charge in [0.05, 0.1) is 0 Å². The van der Waals surface area contributed by atoms with E-state index in [0.717, 1.165) is 0 Å². The zero-order valence-electron chi connectivity index (χ0n) is 12.3. The summed E-state index contributed by atoms with van der Waals surface area (Å²) in [7, 11) is 0. The monoisotopic (exact) mass is 245 g/mol. The van der Waals surface area contributed by atoms with Gasteiger partial charge in [-0.3, -0.25) is 0 Å². The van der Waals surface area contributed by atoms with Gasteiger partial charge in [-0.2, -0.15) is 0 Å². The highest BCUT2D eigenvalue weighted by atomic mass is 14.5. The topological polar surface area (TPSA) is 26.0 Å². The van der Waals surface area contributed by atoms with Crippen molar-refractivity contribution in [2.24, 2.45) is 11.1 Å². The lowest BCUT2D eigenvalue weighted by Gasteiger charge is -2.32. The molecule has 0 aliphatic heterocycles. The molecule has 18 heavy (non-hydrogen) atoms. The number of hydrogen-bond acceptors (Lipinski definition) is 1. The Bertz CT molecular complexity index is 392. The second-order valence-corrected chi connectivity index (χ2v) is 5.84. The Labute approximate surface area is 112 Å². The summed E-state index contributed by atoms with van der Waals surface area (Å²) in [5.74, 6) is 0. The van der Waals surface area contributed by atoms with E-state index in [1.807, 2.05) is 12.2 Å². The van der Waals surface area contributed by atoms with E-state index in [2.05, 4.69) is 45.9 Å². The summed E-state index contributed by atoms with van der Waals surface area (Å²) in [6.07, 6.45) is 14.5. The highest BCUT2D eigenvalue weighted by Crippen LogP contribution is 2.40. The lowest BCUT2D eigenvalue weighted by atomic mass is 9.72. The van der Waals surface area contributed by atoms with E-state index in [-0.39, 0.29) is 0 Å². The van der Waals surface area contributed by atoms with Crippen LogP contribution in [0, 0.1) is 5.41 Å². The van der Waals surface area contributed by atoms with Crippen LogP contribution in [0.1, 0.15) is 47.0 Å². The molecule has 2 N–H and O–H groups in total. The van der Waals surface area contributed by atoms with Gasteiger partial charge in [0.15, 0.2) is 0 Å². The fraction of sp³-hybridized carbons (Fsp3) is 0.529. The molecule has 0 saturated heterocycles. The first kappa shape index (κ1) is 15.0. The standard InChI is InChI=1S/C17H27N/c1-14(8-5-6-13-18)10-11-16-15(2)9-7-12-17(16,3)4/h5-6,8,10-11H,7,9,12-13,18H2,1-4H3/b6-5+,11-10+,14-8+. The highest BCUT2D eigenvalue weighted by Gasteiger charge is 2.26. The van der Waals surface area contributed by atoms with Crippen LogP contribution < -0.4 is 5.73 Å². The van der Waals surface area contributed by atoms with Gasteiger partial charge in [0.1, 0.15) is 0 Å². The van der Waals surface area contributed by atoms with E-state index < -0.39 is 0 Å². The van der Waals surface area contributed by atoms with Crippen molar-refractivity contribution < 1.29 is 0 Å². The maximum atomic E-state index is 5.42. The molecular formula is C17H27N. The minimum absolute atomic E-state index is 0.326. The molecule has 0 saturated carbocycles. The SMILES string of the molecule is CC1=C(/C=C/C(C)=C/C=C/CN)C(C)(C)CCC1. The molecular weight excluding hydrogens is 218 g/mol. The van der Waals surface area contributed by atoms with Gasteiger partial charge in [0.25, 0.3) is 0 Å². The average Bonchev–Trinajstić information content (AvgIpc) is 2.28. The molecule has 0 unspecified atom stereocenters. The number of rotatable bonds is 4. The molecule has 0 heterocycles. The van der Waals surface area contributed by atoms with Gasteiger partial charge in [-0.1, -0.05) is 55.4 Å². The first-order valence-corrected chi connectivity index (χ1v) is 6.89. The molecule has 100 valence electrons. The van der Waals surface area contributed by atoms with Crippen LogP contribution in [0.4, 0.5) is 0 Å². The van der Waals surface area contributed by atoms with Crippen LogP contribution in [0.5, 0.6) is 0 Å². The minimum atomic E-state index is 0.326. The molecule has 1 aliphatic carbocycles. The largest absolute Gasteiger partial charge is 0.327 e. The summed E-state index contributed by atoms with van der Waals surface area (Å²) in [4.78, 5) is 0. The van der Waals surface area contributed by atoms with E-state index in [1.54, 1.807) is 5.57 Å². The molecule has 0 amide bonds. The maximum absolute atomic E-state index is 5.42. The van der Waals surface area contributed by atoms with Crippen molar-refractivity contribution in [1.29, 1.82) is 0 Å². The Morgan fingerprint density at radius 2 is 2.11 bits per heavy atom. The Balaban J connectivity index is 2.82. The number of allylic oxidation sites excluding steroid dienone is 7. The molecule has 0 aromatic rings. The van der Waals surface area contributed by atoms with E-state index in [0.29, 0.717) is 12.0 Å². The molecule has 0 aromatic carbocycles. The lowest BCUT2D eigenvalue weighted by molar-refractivity contribution is 0.377. The van der Waals surface area contributed by atoms with Crippen molar-refractivity contribution in [3.05, 3.63) is 47.1 Å². The summed E-state index contributed by atoms with van der Waals surface area (Å²) in [5.41, 5.74) is 10.1. The average molecular weight is 245 g/mol. The van der Waals surface area contributed by atoms with Crippen LogP contribution in [0.3, 0.4) is 0 Å². The van der Waals surface area contributed by atoms with E-state index in [9.17, 15) is 0 Å². The number of nitrogens with two attached hydrogens (primary N) is 1. The van der Waals surface area contributed by atoms with Crippen LogP contribution in [0.15, 0.2) is 47.1 Å². The quantitative estimate of drug-likeness (QED) is 0.723. The van der Waals surface area contributed by atoms with Crippen LogP contribution in [-0.4, -0.2) is 6.54 Å². The van der Waals surface area contributed by atoms with Gasteiger partial charge >= 0.3 is 0 Å². The normalized spacial score (nSPS) is 21.3. The second kappa shape index (κ2) is 6.75. The summed E-state index contributed by atoms with van der Waals surface area (Å²) in [6.45, 7) is 9.70. The van der Waals surface area contributed by atoms with E-state index in [4.69, 9.17) is 5.73 Å². The molecule has 0 fully saturated rings. The van der Waals surface area contributed by atoms with Crippen LogP contribution >= 0.6 is 0 Å². The van der Waals surface area contributed by atoms with Crippen LogP contribution in [-0.2, 0) is 0 Å².